The van der Waals surface area contributed by atoms with Gasteiger partial charge in [0.25, 0.3) is 0 Å². The fourth-order valence-corrected chi connectivity index (χ4v) is 4.22. The Labute approximate surface area is 174 Å². The van der Waals surface area contributed by atoms with Gasteiger partial charge in [-0.25, -0.2) is 9.97 Å². The third-order valence-electron chi connectivity index (χ3n) is 6.10. The number of ether oxygens (including phenoxy) is 2. The van der Waals surface area contributed by atoms with Gasteiger partial charge < -0.3 is 19.4 Å². The number of hydrogen-bond donors (Lipinski definition) is 1. The standard InChI is InChI=1S/C21H26N6O3/c1-13(14-7-19(28)22-9-14)30-21-20-18(23-12-26(20)2)8-17(25-21)15-10-24-27(11-15)16-3-5-29-6-4-16/h8,10-14,16H,3-7,9H2,1-2H3,(H,22,28)/t13-,14-/m1/s1. The highest BCUT2D eigenvalue weighted by Gasteiger charge is 2.29. The van der Waals surface area contributed by atoms with Gasteiger partial charge in [0.15, 0.2) is 0 Å². The summed E-state index contributed by atoms with van der Waals surface area (Å²) in [5, 5.41) is 7.45. The van der Waals surface area contributed by atoms with Crippen LogP contribution in [0.5, 0.6) is 5.88 Å². The first-order valence-corrected chi connectivity index (χ1v) is 10.5. The summed E-state index contributed by atoms with van der Waals surface area (Å²) in [6, 6.07) is 2.33. The maximum atomic E-state index is 11.6. The van der Waals surface area contributed by atoms with Crippen LogP contribution in [0, 0.1) is 5.92 Å². The average Bonchev–Trinajstić information content (AvgIpc) is 3.49. The Morgan fingerprint density at radius 1 is 1.33 bits per heavy atom. The second-order valence-electron chi connectivity index (χ2n) is 8.18. The number of hydrogen-bond acceptors (Lipinski definition) is 6. The van der Waals surface area contributed by atoms with Crippen molar-refractivity contribution in [1.82, 2.24) is 29.6 Å². The van der Waals surface area contributed by atoms with Crippen LogP contribution in [0.4, 0.5) is 0 Å². The van der Waals surface area contributed by atoms with Crippen LogP contribution in [-0.4, -0.2) is 56.1 Å². The summed E-state index contributed by atoms with van der Waals surface area (Å²) in [6.45, 7) is 4.16. The van der Waals surface area contributed by atoms with Crippen LogP contribution in [-0.2, 0) is 16.6 Å². The van der Waals surface area contributed by atoms with Crippen LogP contribution in [0.1, 0.15) is 32.2 Å². The first kappa shape index (κ1) is 19.0. The molecule has 2 fully saturated rings. The quantitative estimate of drug-likeness (QED) is 0.692. The van der Waals surface area contributed by atoms with Crippen LogP contribution in [0.3, 0.4) is 0 Å². The van der Waals surface area contributed by atoms with E-state index < -0.39 is 0 Å². The van der Waals surface area contributed by atoms with Crippen molar-refractivity contribution in [2.45, 2.75) is 38.3 Å². The zero-order valence-electron chi connectivity index (χ0n) is 17.2. The Kier molecular flexibility index (Phi) is 4.90. The van der Waals surface area contributed by atoms with Crippen molar-refractivity contribution in [3.8, 4) is 17.1 Å². The van der Waals surface area contributed by atoms with Gasteiger partial charge in [-0.05, 0) is 25.8 Å². The highest BCUT2D eigenvalue weighted by atomic mass is 16.5. The highest BCUT2D eigenvalue weighted by Crippen LogP contribution is 2.31. The predicted octanol–water partition coefficient (Wildman–Crippen LogP) is 2.09. The van der Waals surface area contributed by atoms with Crippen molar-refractivity contribution in [2.75, 3.05) is 19.8 Å². The monoisotopic (exact) mass is 410 g/mol. The SMILES string of the molecule is C[C@@H](Oc1nc(-c2cnn(C3CCOCC3)c2)cc2ncn(C)c12)[C@H]1CNC(=O)C1. The number of carbonyl (C=O) groups excluding carboxylic acids is 1. The van der Waals surface area contributed by atoms with Crippen LogP contribution < -0.4 is 10.1 Å². The molecule has 0 aromatic carbocycles. The molecule has 0 bridgehead atoms. The van der Waals surface area contributed by atoms with E-state index in [-0.39, 0.29) is 17.9 Å². The number of fused-ring (bicyclic) bond motifs is 1. The fraction of sp³-hybridized carbons (Fsp3) is 0.524. The van der Waals surface area contributed by atoms with Gasteiger partial charge in [0.1, 0.15) is 11.6 Å². The van der Waals surface area contributed by atoms with Crippen molar-refractivity contribution in [2.24, 2.45) is 13.0 Å². The average molecular weight is 410 g/mol. The minimum atomic E-state index is -0.144. The summed E-state index contributed by atoms with van der Waals surface area (Å²) in [5.74, 6) is 0.735. The molecule has 2 saturated heterocycles. The molecule has 3 aromatic rings. The van der Waals surface area contributed by atoms with Gasteiger partial charge in [-0.15, -0.1) is 0 Å². The number of nitrogens with one attached hydrogen (secondary N) is 1. The van der Waals surface area contributed by atoms with Gasteiger partial charge in [0, 0.05) is 50.9 Å². The predicted molar refractivity (Wildman–Crippen MR) is 110 cm³/mol. The number of pyridine rings is 1. The number of aryl methyl sites for hydroxylation is 1. The molecule has 5 rings (SSSR count). The number of amides is 1. The molecular weight excluding hydrogens is 384 g/mol. The molecule has 5 heterocycles. The second-order valence-corrected chi connectivity index (χ2v) is 8.18. The van der Waals surface area contributed by atoms with Crippen LogP contribution >= 0.6 is 0 Å². The van der Waals surface area contributed by atoms with E-state index in [1.165, 1.54) is 0 Å². The molecule has 0 radical (unpaired) electrons. The van der Waals surface area contributed by atoms with Crippen molar-refractivity contribution < 1.29 is 14.3 Å². The summed E-state index contributed by atoms with van der Waals surface area (Å²) in [6.07, 6.45) is 7.92. The number of aromatic nitrogens is 5. The molecular formula is C21H26N6O3. The van der Waals surface area contributed by atoms with E-state index in [0.29, 0.717) is 24.9 Å². The molecule has 2 aliphatic heterocycles. The zero-order valence-corrected chi connectivity index (χ0v) is 17.2. The lowest BCUT2D eigenvalue weighted by Gasteiger charge is -2.22. The Balaban J connectivity index is 1.46. The minimum Gasteiger partial charge on any atom is -0.473 e. The van der Waals surface area contributed by atoms with Crippen molar-refractivity contribution >= 4 is 16.9 Å². The van der Waals surface area contributed by atoms with Gasteiger partial charge in [0.2, 0.25) is 11.8 Å². The molecule has 0 saturated carbocycles. The number of rotatable bonds is 5. The first-order chi connectivity index (χ1) is 14.6. The van der Waals surface area contributed by atoms with E-state index in [1.54, 1.807) is 6.33 Å². The molecule has 0 spiro atoms. The highest BCUT2D eigenvalue weighted by molar-refractivity contribution is 5.84. The van der Waals surface area contributed by atoms with Crippen LogP contribution in [0.15, 0.2) is 24.8 Å². The third-order valence-corrected chi connectivity index (χ3v) is 6.10. The van der Waals surface area contributed by atoms with E-state index in [0.717, 1.165) is 48.3 Å². The first-order valence-electron chi connectivity index (χ1n) is 10.5. The lowest BCUT2D eigenvalue weighted by atomic mass is 10.0. The smallest absolute Gasteiger partial charge is 0.241 e. The molecule has 2 atom stereocenters. The molecule has 1 amide bonds. The molecule has 0 unspecified atom stereocenters. The Morgan fingerprint density at radius 2 is 2.17 bits per heavy atom. The molecule has 30 heavy (non-hydrogen) atoms. The van der Waals surface area contributed by atoms with Gasteiger partial charge >= 0.3 is 0 Å². The Hall–Kier alpha value is -2.94. The fourth-order valence-electron chi connectivity index (χ4n) is 4.22. The number of imidazole rings is 1. The van der Waals surface area contributed by atoms with E-state index >= 15 is 0 Å². The lowest BCUT2D eigenvalue weighted by molar-refractivity contribution is -0.119. The summed E-state index contributed by atoms with van der Waals surface area (Å²) in [5.41, 5.74) is 3.38. The maximum absolute atomic E-state index is 11.6. The molecule has 0 aliphatic carbocycles. The molecule has 9 nitrogen and oxygen atoms in total. The normalized spacial score (nSPS) is 21.1. The Morgan fingerprint density at radius 3 is 2.93 bits per heavy atom. The summed E-state index contributed by atoms with van der Waals surface area (Å²) in [4.78, 5) is 20.9. The van der Waals surface area contributed by atoms with E-state index in [9.17, 15) is 4.79 Å². The Bertz CT molecular complexity index is 1070. The van der Waals surface area contributed by atoms with Gasteiger partial charge in [-0.2, -0.15) is 5.10 Å². The molecule has 3 aromatic heterocycles. The second kappa shape index (κ2) is 7.71. The van der Waals surface area contributed by atoms with Gasteiger partial charge in [0.05, 0.1) is 29.8 Å². The van der Waals surface area contributed by atoms with Gasteiger partial charge in [-0.1, -0.05) is 0 Å². The largest absolute Gasteiger partial charge is 0.473 e. The number of carbonyl (C=O) groups is 1. The summed E-state index contributed by atoms with van der Waals surface area (Å²) >= 11 is 0. The summed E-state index contributed by atoms with van der Waals surface area (Å²) < 4.78 is 15.7. The van der Waals surface area contributed by atoms with E-state index in [2.05, 4.69) is 15.4 Å². The van der Waals surface area contributed by atoms with Crippen LogP contribution in [0.2, 0.25) is 0 Å². The van der Waals surface area contributed by atoms with Crippen molar-refractivity contribution in [1.29, 1.82) is 0 Å². The summed E-state index contributed by atoms with van der Waals surface area (Å²) in [7, 11) is 1.93. The lowest BCUT2D eigenvalue weighted by Crippen LogP contribution is -2.26. The van der Waals surface area contributed by atoms with Crippen LogP contribution in [0.25, 0.3) is 22.3 Å². The van der Waals surface area contributed by atoms with Gasteiger partial charge in [-0.3, -0.25) is 9.48 Å². The third kappa shape index (κ3) is 3.54. The molecule has 158 valence electrons. The zero-order chi connectivity index (χ0) is 20.7. The van der Waals surface area contributed by atoms with Crippen molar-refractivity contribution in [3.63, 3.8) is 0 Å². The topological polar surface area (TPSA) is 96.1 Å². The minimum absolute atomic E-state index is 0.0726. The van der Waals surface area contributed by atoms with Crippen molar-refractivity contribution in [3.05, 3.63) is 24.8 Å². The molecule has 9 heteroatoms. The number of nitrogens with zero attached hydrogens (tertiary/aromatic N) is 5. The molecule has 1 N–H and O–H groups in total. The van der Waals surface area contributed by atoms with E-state index in [1.807, 2.05) is 41.7 Å². The maximum Gasteiger partial charge on any atom is 0.241 e. The van der Waals surface area contributed by atoms with E-state index in [4.69, 9.17) is 14.5 Å². The molecule has 2 aliphatic rings.